The Morgan fingerprint density at radius 1 is 0.882 bits per heavy atom. The maximum atomic E-state index is 11.1. The third kappa shape index (κ3) is 7.74. The Labute approximate surface area is 212 Å². The molecule has 0 spiro atoms. The Morgan fingerprint density at radius 2 is 1.71 bits per heavy atom. The van der Waals surface area contributed by atoms with Gasteiger partial charge in [0.1, 0.15) is 24.7 Å². The average Bonchev–Trinajstić information content (AvgIpc) is 3.02. The van der Waals surface area contributed by atoms with Crippen molar-refractivity contribution in [3.05, 3.63) is 58.1 Å². The van der Waals surface area contributed by atoms with Gasteiger partial charge in [-0.05, 0) is 55.6 Å². The predicted molar refractivity (Wildman–Crippen MR) is 135 cm³/mol. The second kappa shape index (κ2) is 12.4. The van der Waals surface area contributed by atoms with Crippen molar-refractivity contribution >= 4 is 23.2 Å². The Kier molecular flexibility index (Phi) is 9.34. The van der Waals surface area contributed by atoms with Gasteiger partial charge in [-0.2, -0.15) is 0 Å². The van der Waals surface area contributed by atoms with Crippen LogP contribution in [0.5, 0.6) is 11.5 Å². The highest BCUT2D eigenvalue weighted by molar-refractivity contribution is 6.42. The van der Waals surface area contributed by atoms with Crippen LogP contribution in [-0.2, 0) is 11.3 Å². The van der Waals surface area contributed by atoms with Crippen LogP contribution in [0, 0.1) is 0 Å². The van der Waals surface area contributed by atoms with Crippen LogP contribution >= 0.6 is 23.2 Å². The molecule has 0 amide bonds. The molecule has 1 N–H and O–H groups in total. The summed E-state index contributed by atoms with van der Waals surface area (Å²) < 4.78 is 17.3. The lowest BCUT2D eigenvalue weighted by Gasteiger charge is -2.27. The molecule has 0 aliphatic carbocycles. The van der Waals surface area contributed by atoms with Crippen LogP contribution < -0.4 is 9.47 Å². The molecule has 2 aliphatic rings. The topological polar surface area (TPSA) is 54.4 Å². The zero-order valence-electron chi connectivity index (χ0n) is 19.6. The molecule has 2 aliphatic heterocycles. The highest BCUT2D eigenvalue weighted by Crippen LogP contribution is 2.29. The van der Waals surface area contributed by atoms with E-state index < -0.39 is 5.60 Å². The zero-order chi connectivity index (χ0) is 23.8. The molecule has 2 fully saturated rings. The molecule has 1 unspecified atom stereocenters. The number of morpholine rings is 1. The smallest absolute Gasteiger partial charge is 0.121 e. The normalized spacial score (nSPS) is 22.3. The van der Waals surface area contributed by atoms with Crippen LogP contribution in [0.15, 0.2) is 42.5 Å². The van der Waals surface area contributed by atoms with E-state index in [4.69, 9.17) is 37.4 Å². The van der Waals surface area contributed by atoms with Gasteiger partial charge in [-0.3, -0.25) is 9.80 Å². The predicted octanol–water partition coefficient (Wildman–Crippen LogP) is 4.50. The van der Waals surface area contributed by atoms with Crippen LogP contribution in [0.1, 0.15) is 24.8 Å². The SMILES string of the molecule is OC1(COc2ccc(Cl)c(Cl)c2)CCCN(Cc2cccc(OCCN3CCOCC3)c2)CC1. The number of ether oxygens (including phenoxy) is 3. The molecule has 34 heavy (non-hydrogen) atoms. The van der Waals surface area contributed by atoms with Crippen LogP contribution in [0.2, 0.25) is 10.0 Å². The van der Waals surface area contributed by atoms with E-state index in [1.54, 1.807) is 18.2 Å². The summed E-state index contributed by atoms with van der Waals surface area (Å²) in [6, 6.07) is 13.5. The molecule has 8 heteroatoms. The van der Waals surface area contributed by atoms with E-state index in [-0.39, 0.29) is 6.61 Å². The van der Waals surface area contributed by atoms with Crippen molar-refractivity contribution in [2.24, 2.45) is 0 Å². The summed E-state index contributed by atoms with van der Waals surface area (Å²) in [7, 11) is 0. The summed E-state index contributed by atoms with van der Waals surface area (Å²) in [6.45, 7) is 7.99. The van der Waals surface area contributed by atoms with Crippen molar-refractivity contribution < 1.29 is 19.3 Å². The molecule has 0 bridgehead atoms. The van der Waals surface area contributed by atoms with Crippen LogP contribution in [0.25, 0.3) is 0 Å². The Balaban J connectivity index is 1.23. The van der Waals surface area contributed by atoms with Gasteiger partial charge in [0.2, 0.25) is 0 Å². The highest BCUT2D eigenvalue weighted by Gasteiger charge is 2.31. The lowest BCUT2D eigenvalue weighted by atomic mass is 9.96. The van der Waals surface area contributed by atoms with Gasteiger partial charge in [0, 0.05) is 38.8 Å². The van der Waals surface area contributed by atoms with Gasteiger partial charge in [-0.1, -0.05) is 35.3 Å². The molecule has 2 aromatic carbocycles. The first kappa shape index (κ1) is 25.5. The third-order valence-electron chi connectivity index (χ3n) is 6.49. The molecule has 2 heterocycles. The lowest BCUT2D eigenvalue weighted by molar-refractivity contribution is -0.0168. The first-order chi connectivity index (χ1) is 16.5. The molecule has 2 saturated heterocycles. The molecule has 0 saturated carbocycles. The fourth-order valence-electron chi connectivity index (χ4n) is 4.43. The van der Waals surface area contributed by atoms with Gasteiger partial charge >= 0.3 is 0 Å². The van der Waals surface area contributed by atoms with Gasteiger partial charge in [0.25, 0.3) is 0 Å². The third-order valence-corrected chi connectivity index (χ3v) is 7.23. The zero-order valence-corrected chi connectivity index (χ0v) is 21.1. The fourth-order valence-corrected chi connectivity index (χ4v) is 4.72. The molecular weight excluding hydrogens is 475 g/mol. The first-order valence-corrected chi connectivity index (χ1v) is 12.8. The van der Waals surface area contributed by atoms with E-state index >= 15 is 0 Å². The summed E-state index contributed by atoms with van der Waals surface area (Å²) in [5.74, 6) is 1.53. The van der Waals surface area contributed by atoms with Gasteiger partial charge in [0.15, 0.2) is 0 Å². The van der Waals surface area contributed by atoms with Crippen molar-refractivity contribution in [1.82, 2.24) is 9.80 Å². The number of hydrogen-bond acceptors (Lipinski definition) is 6. The van der Waals surface area contributed by atoms with Crippen molar-refractivity contribution in [3.63, 3.8) is 0 Å². The van der Waals surface area contributed by atoms with E-state index in [2.05, 4.69) is 28.0 Å². The molecule has 4 rings (SSSR count). The Bertz CT molecular complexity index is 925. The monoisotopic (exact) mass is 508 g/mol. The van der Waals surface area contributed by atoms with Crippen molar-refractivity contribution in [2.45, 2.75) is 31.4 Å². The Morgan fingerprint density at radius 3 is 2.53 bits per heavy atom. The number of rotatable bonds is 9. The minimum Gasteiger partial charge on any atom is -0.492 e. The average molecular weight is 509 g/mol. The summed E-state index contributed by atoms with van der Waals surface area (Å²) in [5, 5.41) is 12.1. The van der Waals surface area contributed by atoms with Crippen molar-refractivity contribution in [3.8, 4) is 11.5 Å². The van der Waals surface area contributed by atoms with E-state index in [1.165, 1.54) is 5.56 Å². The molecule has 6 nitrogen and oxygen atoms in total. The van der Waals surface area contributed by atoms with E-state index in [0.717, 1.165) is 64.7 Å². The maximum absolute atomic E-state index is 11.1. The highest BCUT2D eigenvalue weighted by atomic mass is 35.5. The maximum Gasteiger partial charge on any atom is 0.121 e. The lowest BCUT2D eigenvalue weighted by Crippen LogP contribution is -2.38. The van der Waals surface area contributed by atoms with Gasteiger partial charge in [-0.25, -0.2) is 0 Å². The number of benzene rings is 2. The first-order valence-electron chi connectivity index (χ1n) is 12.0. The largest absolute Gasteiger partial charge is 0.492 e. The van der Waals surface area contributed by atoms with Gasteiger partial charge in [-0.15, -0.1) is 0 Å². The number of likely N-dealkylation sites (tertiary alicyclic amines) is 1. The number of nitrogens with zero attached hydrogens (tertiary/aromatic N) is 2. The quantitative estimate of drug-likeness (QED) is 0.538. The second-order valence-electron chi connectivity index (χ2n) is 9.17. The van der Waals surface area contributed by atoms with Crippen LogP contribution in [0.4, 0.5) is 0 Å². The van der Waals surface area contributed by atoms with E-state index in [0.29, 0.717) is 35.2 Å². The summed E-state index contributed by atoms with van der Waals surface area (Å²) >= 11 is 12.0. The van der Waals surface area contributed by atoms with E-state index in [9.17, 15) is 5.11 Å². The molecule has 1 atom stereocenters. The minimum absolute atomic E-state index is 0.241. The second-order valence-corrected chi connectivity index (χ2v) is 9.98. The van der Waals surface area contributed by atoms with Crippen molar-refractivity contribution in [2.75, 3.05) is 59.2 Å². The van der Waals surface area contributed by atoms with Crippen molar-refractivity contribution in [1.29, 1.82) is 0 Å². The molecule has 2 aromatic rings. The minimum atomic E-state index is -0.856. The van der Waals surface area contributed by atoms with Crippen LogP contribution in [-0.4, -0.2) is 79.7 Å². The molecule has 186 valence electrons. The van der Waals surface area contributed by atoms with E-state index in [1.807, 2.05) is 6.07 Å². The van der Waals surface area contributed by atoms with Gasteiger partial charge in [0.05, 0.1) is 28.9 Å². The van der Waals surface area contributed by atoms with Crippen LogP contribution in [0.3, 0.4) is 0 Å². The Hall–Kier alpha value is -1.54. The number of hydrogen-bond donors (Lipinski definition) is 1. The molecule has 0 radical (unpaired) electrons. The number of aliphatic hydroxyl groups is 1. The number of halogens is 2. The standard InChI is InChI=1S/C26H34Cl2N2O4/c27-24-6-5-23(18-25(24)28)34-20-26(31)7-2-9-30(10-8-26)19-21-3-1-4-22(17-21)33-16-13-29-11-14-32-15-12-29/h1,3-6,17-18,31H,2,7-16,19-20H2. The van der Waals surface area contributed by atoms with Gasteiger partial charge < -0.3 is 19.3 Å². The summed E-state index contributed by atoms with van der Waals surface area (Å²) in [5.41, 5.74) is 0.368. The fraction of sp³-hybridized carbons (Fsp3) is 0.538. The molecule has 0 aromatic heterocycles. The molecular formula is C26H34Cl2N2O4. The summed E-state index contributed by atoms with van der Waals surface area (Å²) in [6.07, 6.45) is 2.27. The summed E-state index contributed by atoms with van der Waals surface area (Å²) in [4.78, 5) is 4.76.